The molecule has 28 heavy (non-hydrogen) atoms. The lowest BCUT2D eigenvalue weighted by atomic mass is 9.89. The van der Waals surface area contributed by atoms with Crippen LogP contribution in [0.1, 0.15) is 85.5 Å². The fourth-order valence-electron chi connectivity index (χ4n) is 4.85. The summed E-state index contributed by atoms with van der Waals surface area (Å²) in [6, 6.07) is 4.28. The summed E-state index contributed by atoms with van der Waals surface area (Å²) in [6.45, 7) is 3.58. The highest BCUT2D eigenvalue weighted by Gasteiger charge is 2.36. The van der Waals surface area contributed by atoms with Crippen LogP contribution in [-0.4, -0.2) is 52.8 Å². The number of hydrogen-bond acceptors (Lipinski definition) is 3. The molecule has 0 N–H and O–H groups in total. The van der Waals surface area contributed by atoms with Gasteiger partial charge in [-0.05, 0) is 57.6 Å². The van der Waals surface area contributed by atoms with Gasteiger partial charge in [-0.15, -0.1) is 0 Å². The number of carbonyl (C=O) groups excluding carboxylic acids is 2. The summed E-state index contributed by atoms with van der Waals surface area (Å²) in [7, 11) is 1.96. The Morgan fingerprint density at radius 1 is 1.00 bits per heavy atom. The third-order valence-corrected chi connectivity index (χ3v) is 6.86. The van der Waals surface area contributed by atoms with Crippen molar-refractivity contribution in [2.45, 2.75) is 76.7 Å². The van der Waals surface area contributed by atoms with E-state index in [0.717, 1.165) is 68.6 Å². The van der Waals surface area contributed by atoms with Crippen molar-refractivity contribution >= 4 is 11.8 Å². The van der Waals surface area contributed by atoms with Gasteiger partial charge in [0.25, 0.3) is 5.91 Å². The van der Waals surface area contributed by atoms with Gasteiger partial charge in [0.05, 0.1) is 11.3 Å². The molecule has 2 amide bonds. The summed E-state index contributed by atoms with van der Waals surface area (Å²) < 4.78 is 0. The first-order valence-corrected chi connectivity index (χ1v) is 11.1. The highest BCUT2D eigenvalue weighted by molar-refractivity contribution is 5.95. The topological polar surface area (TPSA) is 53.5 Å². The molecule has 5 nitrogen and oxygen atoms in total. The Bertz CT molecular complexity index is 729. The molecule has 0 atom stereocenters. The molecule has 3 aliphatic rings. The van der Waals surface area contributed by atoms with Crippen LogP contribution < -0.4 is 0 Å². The molecule has 3 fully saturated rings. The molecule has 1 aliphatic heterocycles. The SMILES string of the molecule is Cc1ccc(C(=O)N(C)C2CCCCC2)c(C2CCN(C(=O)C3CC3)CC2)n1. The highest BCUT2D eigenvalue weighted by Crippen LogP contribution is 2.35. The van der Waals surface area contributed by atoms with E-state index in [9.17, 15) is 9.59 Å². The number of likely N-dealkylation sites (tertiary alicyclic amines) is 1. The first kappa shape index (κ1) is 19.4. The lowest BCUT2D eigenvalue weighted by Crippen LogP contribution is -2.40. The van der Waals surface area contributed by atoms with Crippen molar-refractivity contribution in [2.24, 2.45) is 5.92 Å². The van der Waals surface area contributed by atoms with E-state index in [1.54, 1.807) is 0 Å². The van der Waals surface area contributed by atoms with Gasteiger partial charge in [-0.25, -0.2) is 0 Å². The quantitative estimate of drug-likeness (QED) is 0.792. The molecule has 0 spiro atoms. The van der Waals surface area contributed by atoms with E-state index in [4.69, 9.17) is 4.98 Å². The van der Waals surface area contributed by atoms with Gasteiger partial charge in [-0.1, -0.05) is 19.3 Å². The summed E-state index contributed by atoms with van der Waals surface area (Å²) in [5, 5.41) is 0. The van der Waals surface area contributed by atoms with E-state index in [1.807, 2.05) is 35.9 Å². The maximum absolute atomic E-state index is 13.3. The first-order chi connectivity index (χ1) is 13.5. The molecular formula is C23H33N3O2. The minimum absolute atomic E-state index is 0.117. The van der Waals surface area contributed by atoms with Crippen LogP contribution in [0.2, 0.25) is 0 Å². The van der Waals surface area contributed by atoms with Gasteiger partial charge in [0.15, 0.2) is 0 Å². The summed E-state index contributed by atoms with van der Waals surface area (Å²) in [4.78, 5) is 34.5. The molecule has 4 rings (SSSR count). The van der Waals surface area contributed by atoms with Crippen molar-refractivity contribution in [3.05, 3.63) is 29.1 Å². The Kier molecular flexibility index (Phi) is 5.70. The van der Waals surface area contributed by atoms with E-state index in [1.165, 1.54) is 19.3 Å². The summed E-state index contributed by atoms with van der Waals surface area (Å²) in [5.41, 5.74) is 2.68. The van der Waals surface area contributed by atoms with Crippen LogP contribution in [0.25, 0.3) is 0 Å². The maximum atomic E-state index is 13.3. The summed E-state index contributed by atoms with van der Waals surface area (Å²) in [5.74, 6) is 1.01. The zero-order valence-electron chi connectivity index (χ0n) is 17.3. The molecule has 2 saturated carbocycles. The molecule has 5 heteroatoms. The molecule has 1 saturated heterocycles. The zero-order chi connectivity index (χ0) is 19.7. The van der Waals surface area contributed by atoms with Crippen molar-refractivity contribution in [3.63, 3.8) is 0 Å². The lowest BCUT2D eigenvalue weighted by molar-refractivity contribution is -0.133. The number of carbonyl (C=O) groups is 2. The van der Waals surface area contributed by atoms with Gasteiger partial charge in [0.1, 0.15) is 0 Å². The lowest BCUT2D eigenvalue weighted by Gasteiger charge is -2.34. The predicted molar refractivity (Wildman–Crippen MR) is 109 cm³/mol. The fourth-order valence-corrected chi connectivity index (χ4v) is 4.85. The van der Waals surface area contributed by atoms with Crippen LogP contribution in [0, 0.1) is 12.8 Å². The van der Waals surface area contributed by atoms with Crippen molar-refractivity contribution in [1.82, 2.24) is 14.8 Å². The average molecular weight is 384 g/mol. The second kappa shape index (κ2) is 8.22. The minimum Gasteiger partial charge on any atom is -0.342 e. The number of aromatic nitrogens is 1. The van der Waals surface area contributed by atoms with E-state index in [0.29, 0.717) is 11.9 Å². The van der Waals surface area contributed by atoms with Gasteiger partial charge >= 0.3 is 0 Å². The van der Waals surface area contributed by atoms with Crippen LogP contribution in [0.15, 0.2) is 12.1 Å². The third-order valence-electron chi connectivity index (χ3n) is 6.86. The van der Waals surface area contributed by atoms with E-state index < -0.39 is 0 Å². The summed E-state index contributed by atoms with van der Waals surface area (Å²) >= 11 is 0. The predicted octanol–water partition coefficient (Wildman–Crippen LogP) is 3.91. The van der Waals surface area contributed by atoms with Gasteiger partial charge in [-0.2, -0.15) is 0 Å². The minimum atomic E-state index is 0.117. The first-order valence-electron chi connectivity index (χ1n) is 11.1. The molecule has 0 unspecified atom stereocenters. The maximum Gasteiger partial charge on any atom is 0.255 e. The van der Waals surface area contributed by atoms with Crippen molar-refractivity contribution in [2.75, 3.05) is 20.1 Å². The van der Waals surface area contributed by atoms with Gasteiger partial charge in [0.2, 0.25) is 5.91 Å². The largest absolute Gasteiger partial charge is 0.342 e. The summed E-state index contributed by atoms with van der Waals surface area (Å²) in [6.07, 6.45) is 9.87. The van der Waals surface area contributed by atoms with Crippen LogP contribution in [0.4, 0.5) is 0 Å². The Morgan fingerprint density at radius 2 is 1.68 bits per heavy atom. The number of nitrogens with zero attached hydrogens (tertiary/aromatic N) is 3. The van der Waals surface area contributed by atoms with Crippen LogP contribution in [0.3, 0.4) is 0 Å². The number of piperidine rings is 1. The standard InChI is InChI=1S/C23H33N3O2/c1-16-8-11-20(23(28)25(2)19-6-4-3-5-7-19)21(24-16)17-12-14-26(15-13-17)22(27)18-9-10-18/h8,11,17-19H,3-7,9-10,12-15H2,1-2H3. The van der Waals surface area contributed by atoms with E-state index in [2.05, 4.69) is 0 Å². The highest BCUT2D eigenvalue weighted by atomic mass is 16.2. The monoisotopic (exact) mass is 383 g/mol. The molecule has 152 valence electrons. The third kappa shape index (κ3) is 4.08. The fraction of sp³-hybridized carbons (Fsp3) is 0.696. The van der Waals surface area contributed by atoms with Crippen LogP contribution in [0.5, 0.6) is 0 Å². The van der Waals surface area contributed by atoms with E-state index in [-0.39, 0.29) is 17.7 Å². The zero-order valence-corrected chi connectivity index (χ0v) is 17.3. The van der Waals surface area contributed by atoms with Crippen LogP contribution >= 0.6 is 0 Å². The number of pyridine rings is 1. The molecule has 0 radical (unpaired) electrons. The number of rotatable bonds is 4. The molecule has 1 aromatic heterocycles. The Hall–Kier alpha value is -1.91. The molecule has 0 bridgehead atoms. The molecule has 1 aromatic rings. The van der Waals surface area contributed by atoms with Crippen molar-refractivity contribution in [1.29, 1.82) is 0 Å². The second-order valence-corrected chi connectivity index (χ2v) is 8.97. The number of amides is 2. The van der Waals surface area contributed by atoms with Gasteiger partial charge in [0, 0.05) is 43.7 Å². The second-order valence-electron chi connectivity index (χ2n) is 8.97. The Morgan fingerprint density at radius 3 is 2.32 bits per heavy atom. The van der Waals surface area contributed by atoms with Crippen molar-refractivity contribution < 1.29 is 9.59 Å². The Balaban J connectivity index is 1.48. The molecular weight excluding hydrogens is 350 g/mol. The van der Waals surface area contributed by atoms with E-state index >= 15 is 0 Å². The molecule has 0 aromatic carbocycles. The Labute approximate surface area is 168 Å². The van der Waals surface area contributed by atoms with Crippen molar-refractivity contribution in [3.8, 4) is 0 Å². The number of hydrogen-bond donors (Lipinski definition) is 0. The normalized spacial score (nSPS) is 21.6. The van der Waals surface area contributed by atoms with Gasteiger partial charge in [-0.3, -0.25) is 14.6 Å². The number of aryl methyl sites for hydroxylation is 1. The molecule has 2 aliphatic carbocycles. The van der Waals surface area contributed by atoms with Crippen LogP contribution in [-0.2, 0) is 4.79 Å². The van der Waals surface area contributed by atoms with Gasteiger partial charge < -0.3 is 9.80 Å². The smallest absolute Gasteiger partial charge is 0.255 e. The molecule has 2 heterocycles. The average Bonchev–Trinajstić information content (AvgIpc) is 3.58.